The Labute approximate surface area is 110 Å². The second-order valence-electron chi connectivity index (χ2n) is 4.64. The smallest absolute Gasteiger partial charge is 0.170 e. The number of benzene rings is 2. The van der Waals surface area contributed by atoms with Crippen LogP contribution in [0.5, 0.6) is 0 Å². The van der Waals surface area contributed by atoms with Gasteiger partial charge in [-0.05, 0) is 42.7 Å². The molecule has 0 heterocycles. The Morgan fingerprint density at radius 1 is 1.00 bits per heavy atom. The van der Waals surface area contributed by atoms with E-state index >= 15 is 0 Å². The number of aryl methyl sites for hydroxylation is 2. The maximum Gasteiger partial charge on any atom is 0.170 e. The molecule has 19 heavy (non-hydrogen) atoms. The molecular formula is C16H14F2O. The van der Waals surface area contributed by atoms with Crippen molar-refractivity contribution in [2.45, 2.75) is 20.3 Å². The summed E-state index contributed by atoms with van der Waals surface area (Å²) >= 11 is 0. The van der Waals surface area contributed by atoms with Crippen molar-refractivity contribution in [1.82, 2.24) is 0 Å². The van der Waals surface area contributed by atoms with Crippen LogP contribution in [0.15, 0.2) is 36.4 Å². The van der Waals surface area contributed by atoms with E-state index in [1.54, 1.807) is 0 Å². The van der Waals surface area contributed by atoms with E-state index in [0.29, 0.717) is 0 Å². The molecule has 0 fully saturated rings. The zero-order chi connectivity index (χ0) is 14.0. The number of carbonyl (C=O) groups is 1. The third-order valence-corrected chi connectivity index (χ3v) is 3.17. The SMILES string of the molecule is Cc1ccc(CC(=O)c2ccc(F)cc2F)cc1C. The molecule has 0 aliphatic rings. The third-order valence-electron chi connectivity index (χ3n) is 3.17. The number of hydrogen-bond donors (Lipinski definition) is 0. The van der Waals surface area contributed by atoms with E-state index in [-0.39, 0.29) is 17.8 Å². The molecule has 98 valence electrons. The molecule has 0 saturated heterocycles. The van der Waals surface area contributed by atoms with Gasteiger partial charge in [0.1, 0.15) is 11.6 Å². The van der Waals surface area contributed by atoms with E-state index < -0.39 is 11.6 Å². The van der Waals surface area contributed by atoms with Crippen molar-refractivity contribution in [3.8, 4) is 0 Å². The van der Waals surface area contributed by atoms with E-state index in [1.807, 2.05) is 32.0 Å². The van der Waals surface area contributed by atoms with Crippen LogP contribution in [0.25, 0.3) is 0 Å². The van der Waals surface area contributed by atoms with Gasteiger partial charge in [-0.15, -0.1) is 0 Å². The Bertz CT molecular complexity index is 633. The fourth-order valence-corrected chi connectivity index (χ4v) is 1.91. The highest BCUT2D eigenvalue weighted by Crippen LogP contribution is 2.15. The molecule has 1 nitrogen and oxygen atoms in total. The molecule has 0 aliphatic carbocycles. The second kappa shape index (κ2) is 5.31. The van der Waals surface area contributed by atoms with Crippen molar-refractivity contribution < 1.29 is 13.6 Å². The fourth-order valence-electron chi connectivity index (χ4n) is 1.91. The lowest BCUT2D eigenvalue weighted by Crippen LogP contribution is -2.06. The highest BCUT2D eigenvalue weighted by molar-refractivity contribution is 5.97. The van der Waals surface area contributed by atoms with Gasteiger partial charge in [0.2, 0.25) is 0 Å². The lowest BCUT2D eigenvalue weighted by Gasteiger charge is -2.06. The van der Waals surface area contributed by atoms with Crippen LogP contribution in [-0.2, 0) is 6.42 Å². The second-order valence-corrected chi connectivity index (χ2v) is 4.64. The van der Waals surface area contributed by atoms with Gasteiger partial charge in [0.15, 0.2) is 5.78 Å². The minimum atomic E-state index is -0.811. The van der Waals surface area contributed by atoms with Gasteiger partial charge in [-0.2, -0.15) is 0 Å². The lowest BCUT2D eigenvalue weighted by atomic mass is 9.99. The molecular weight excluding hydrogens is 246 g/mol. The first-order chi connectivity index (χ1) is 8.97. The number of halogens is 2. The Morgan fingerprint density at radius 2 is 1.74 bits per heavy atom. The molecule has 0 bridgehead atoms. The Kier molecular flexibility index (Phi) is 3.74. The molecule has 0 unspecified atom stereocenters. The summed E-state index contributed by atoms with van der Waals surface area (Å²) in [6.45, 7) is 3.95. The van der Waals surface area contributed by atoms with Crippen molar-refractivity contribution in [2.24, 2.45) is 0 Å². The van der Waals surface area contributed by atoms with E-state index in [1.165, 1.54) is 6.07 Å². The van der Waals surface area contributed by atoms with E-state index in [4.69, 9.17) is 0 Å². The van der Waals surface area contributed by atoms with Crippen molar-refractivity contribution in [1.29, 1.82) is 0 Å². The third kappa shape index (κ3) is 3.05. The van der Waals surface area contributed by atoms with Gasteiger partial charge in [0.05, 0.1) is 5.56 Å². The van der Waals surface area contributed by atoms with Crippen LogP contribution in [-0.4, -0.2) is 5.78 Å². The van der Waals surface area contributed by atoms with Crippen molar-refractivity contribution in [2.75, 3.05) is 0 Å². The van der Waals surface area contributed by atoms with Gasteiger partial charge in [0, 0.05) is 12.5 Å². The van der Waals surface area contributed by atoms with Gasteiger partial charge >= 0.3 is 0 Å². The standard InChI is InChI=1S/C16H14F2O/c1-10-3-4-12(7-11(10)2)8-16(19)14-6-5-13(17)9-15(14)18/h3-7,9H,8H2,1-2H3. The quantitative estimate of drug-likeness (QED) is 0.762. The number of ketones is 1. The molecule has 2 aromatic rings. The molecule has 0 N–H and O–H groups in total. The minimum absolute atomic E-state index is 0.0698. The molecule has 2 aromatic carbocycles. The summed E-state index contributed by atoms with van der Waals surface area (Å²) in [5.41, 5.74) is 2.99. The summed E-state index contributed by atoms with van der Waals surface area (Å²) in [7, 11) is 0. The predicted octanol–water partition coefficient (Wildman–Crippen LogP) is 4.01. The number of hydrogen-bond acceptors (Lipinski definition) is 1. The van der Waals surface area contributed by atoms with Crippen LogP contribution >= 0.6 is 0 Å². The number of rotatable bonds is 3. The molecule has 0 spiro atoms. The summed E-state index contributed by atoms with van der Waals surface area (Å²) in [4.78, 5) is 12.0. The summed E-state index contributed by atoms with van der Waals surface area (Å²) in [6, 6.07) is 8.70. The minimum Gasteiger partial charge on any atom is -0.294 e. The molecule has 0 aromatic heterocycles. The van der Waals surface area contributed by atoms with E-state index in [9.17, 15) is 13.6 Å². The normalized spacial score (nSPS) is 10.5. The molecule has 2 rings (SSSR count). The van der Waals surface area contributed by atoms with Gasteiger partial charge < -0.3 is 0 Å². The Balaban J connectivity index is 2.23. The fraction of sp³-hybridized carbons (Fsp3) is 0.188. The summed E-state index contributed by atoms with van der Waals surface area (Å²) < 4.78 is 26.3. The topological polar surface area (TPSA) is 17.1 Å². The first kappa shape index (κ1) is 13.4. The maximum atomic E-state index is 13.5. The van der Waals surface area contributed by atoms with Gasteiger partial charge in [-0.25, -0.2) is 8.78 Å². The largest absolute Gasteiger partial charge is 0.294 e. The molecule has 0 saturated carbocycles. The lowest BCUT2D eigenvalue weighted by molar-refractivity contribution is 0.0989. The van der Waals surface area contributed by atoms with Crippen molar-refractivity contribution in [3.05, 3.63) is 70.3 Å². The molecule has 3 heteroatoms. The molecule has 0 atom stereocenters. The average molecular weight is 260 g/mol. The molecule has 0 aliphatic heterocycles. The zero-order valence-corrected chi connectivity index (χ0v) is 10.8. The Hall–Kier alpha value is -2.03. The summed E-state index contributed by atoms with van der Waals surface area (Å²) in [5, 5.41) is 0. The van der Waals surface area contributed by atoms with Crippen molar-refractivity contribution in [3.63, 3.8) is 0 Å². The highest BCUT2D eigenvalue weighted by atomic mass is 19.1. The van der Waals surface area contributed by atoms with Crippen LogP contribution in [0, 0.1) is 25.5 Å². The first-order valence-electron chi connectivity index (χ1n) is 6.02. The van der Waals surface area contributed by atoms with Gasteiger partial charge in [0.25, 0.3) is 0 Å². The first-order valence-corrected chi connectivity index (χ1v) is 6.02. The zero-order valence-electron chi connectivity index (χ0n) is 10.8. The summed E-state index contributed by atoms with van der Waals surface area (Å²) in [5.74, 6) is -1.84. The van der Waals surface area contributed by atoms with Crippen molar-refractivity contribution >= 4 is 5.78 Å². The van der Waals surface area contributed by atoms with Crippen LogP contribution < -0.4 is 0 Å². The van der Waals surface area contributed by atoms with E-state index in [2.05, 4.69) is 0 Å². The molecule has 0 radical (unpaired) electrons. The van der Waals surface area contributed by atoms with Gasteiger partial charge in [-0.1, -0.05) is 18.2 Å². The predicted molar refractivity (Wildman–Crippen MR) is 70.3 cm³/mol. The number of Topliss-reactive ketones (excluding diaryl/α,β-unsaturated/α-hetero) is 1. The Morgan fingerprint density at radius 3 is 2.37 bits per heavy atom. The van der Waals surface area contributed by atoms with Crippen LogP contribution in [0.2, 0.25) is 0 Å². The van der Waals surface area contributed by atoms with E-state index in [0.717, 1.165) is 28.8 Å². The van der Waals surface area contributed by atoms with Crippen LogP contribution in [0.3, 0.4) is 0 Å². The van der Waals surface area contributed by atoms with Crippen LogP contribution in [0.1, 0.15) is 27.0 Å². The maximum absolute atomic E-state index is 13.5. The highest BCUT2D eigenvalue weighted by Gasteiger charge is 2.13. The summed E-state index contributed by atoms with van der Waals surface area (Å²) in [6.07, 6.45) is 0.115. The average Bonchev–Trinajstić information content (AvgIpc) is 2.33. The molecule has 0 amide bonds. The number of carbonyl (C=O) groups excluding carboxylic acids is 1. The monoisotopic (exact) mass is 260 g/mol. The van der Waals surface area contributed by atoms with Crippen LogP contribution in [0.4, 0.5) is 8.78 Å². The van der Waals surface area contributed by atoms with Gasteiger partial charge in [-0.3, -0.25) is 4.79 Å².